The fraction of sp³-hybridized carbons (Fsp3) is 0.400. The molecule has 0 spiro atoms. The van der Waals surface area contributed by atoms with E-state index in [1.54, 1.807) is 11.3 Å². The van der Waals surface area contributed by atoms with Gasteiger partial charge in [-0.2, -0.15) is 0 Å². The third kappa shape index (κ3) is 2.47. The van der Waals surface area contributed by atoms with Crippen molar-refractivity contribution in [3.63, 3.8) is 0 Å². The van der Waals surface area contributed by atoms with E-state index in [1.165, 1.54) is 35.2 Å². The number of benzene rings is 1. The minimum Gasteiger partial charge on any atom is -0.308 e. The van der Waals surface area contributed by atoms with Gasteiger partial charge in [0, 0.05) is 23.5 Å². The van der Waals surface area contributed by atoms with E-state index in [9.17, 15) is 0 Å². The van der Waals surface area contributed by atoms with Gasteiger partial charge in [-0.15, -0.1) is 11.3 Å². The first-order chi connectivity index (χ1) is 8.74. The van der Waals surface area contributed by atoms with Crippen molar-refractivity contribution < 1.29 is 0 Å². The quantitative estimate of drug-likeness (QED) is 0.905. The van der Waals surface area contributed by atoms with Crippen LogP contribution in [-0.2, 0) is 6.54 Å². The summed E-state index contributed by atoms with van der Waals surface area (Å²) in [4.78, 5) is 4.76. The lowest BCUT2D eigenvalue weighted by Crippen LogP contribution is -2.15. The van der Waals surface area contributed by atoms with Gasteiger partial charge in [0.05, 0.1) is 5.69 Å². The van der Waals surface area contributed by atoms with Crippen molar-refractivity contribution in [3.8, 4) is 10.6 Å². The number of aryl methyl sites for hydroxylation is 2. The fourth-order valence-corrected chi connectivity index (χ4v) is 3.18. The van der Waals surface area contributed by atoms with Crippen LogP contribution in [0.25, 0.3) is 10.6 Å². The summed E-state index contributed by atoms with van der Waals surface area (Å²) in [5, 5.41) is 6.84. The van der Waals surface area contributed by atoms with Crippen molar-refractivity contribution in [2.45, 2.75) is 39.3 Å². The van der Waals surface area contributed by atoms with Crippen LogP contribution < -0.4 is 5.32 Å². The molecule has 3 heteroatoms. The van der Waals surface area contributed by atoms with Crippen molar-refractivity contribution in [1.29, 1.82) is 0 Å². The Bertz CT molecular complexity index is 535. The molecular formula is C15H18N2S. The van der Waals surface area contributed by atoms with Gasteiger partial charge in [-0.25, -0.2) is 4.98 Å². The maximum atomic E-state index is 4.76. The Balaban J connectivity index is 1.83. The minimum absolute atomic E-state index is 0.746. The molecule has 1 saturated carbocycles. The zero-order chi connectivity index (χ0) is 12.5. The van der Waals surface area contributed by atoms with E-state index in [4.69, 9.17) is 4.98 Å². The summed E-state index contributed by atoms with van der Waals surface area (Å²) < 4.78 is 0. The third-order valence-corrected chi connectivity index (χ3v) is 4.30. The molecule has 1 aromatic heterocycles. The van der Waals surface area contributed by atoms with Crippen molar-refractivity contribution in [1.82, 2.24) is 10.3 Å². The third-order valence-electron chi connectivity index (χ3n) is 3.40. The molecule has 18 heavy (non-hydrogen) atoms. The van der Waals surface area contributed by atoms with E-state index < -0.39 is 0 Å². The maximum absolute atomic E-state index is 4.76. The van der Waals surface area contributed by atoms with E-state index in [0.717, 1.165) is 17.6 Å². The van der Waals surface area contributed by atoms with Crippen LogP contribution in [0.3, 0.4) is 0 Å². The minimum atomic E-state index is 0.746. The molecule has 2 nitrogen and oxygen atoms in total. The molecular weight excluding hydrogens is 240 g/mol. The molecule has 0 saturated heterocycles. The lowest BCUT2D eigenvalue weighted by Gasteiger charge is -2.05. The Labute approximate surface area is 112 Å². The monoisotopic (exact) mass is 258 g/mol. The molecule has 1 aromatic carbocycles. The van der Waals surface area contributed by atoms with Crippen molar-refractivity contribution in [3.05, 3.63) is 40.4 Å². The molecule has 1 fully saturated rings. The molecule has 3 rings (SSSR count). The number of nitrogens with zero attached hydrogens (tertiary/aromatic N) is 1. The van der Waals surface area contributed by atoms with Gasteiger partial charge in [0.2, 0.25) is 0 Å². The van der Waals surface area contributed by atoms with Crippen LogP contribution in [0.1, 0.15) is 29.7 Å². The summed E-state index contributed by atoms with van der Waals surface area (Å²) in [7, 11) is 0. The molecule has 1 heterocycles. The van der Waals surface area contributed by atoms with Crippen LogP contribution in [-0.4, -0.2) is 11.0 Å². The number of hydrogen-bond donors (Lipinski definition) is 1. The fourth-order valence-electron chi connectivity index (χ4n) is 2.19. The molecule has 1 aliphatic rings. The Morgan fingerprint density at radius 2 is 2.00 bits per heavy atom. The molecule has 0 bridgehead atoms. The van der Waals surface area contributed by atoms with Crippen molar-refractivity contribution >= 4 is 11.3 Å². The van der Waals surface area contributed by atoms with Crippen LogP contribution in [0.5, 0.6) is 0 Å². The standard InChI is InChI=1S/C15H18N2S/c1-10-4-3-5-11(2)14(10)15-17-13(9-18-15)8-16-12-6-7-12/h3-5,9,12,16H,6-8H2,1-2H3. The highest BCUT2D eigenvalue weighted by Crippen LogP contribution is 2.30. The van der Waals surface area contributed by atoms with Gasteiger partial charge < -0.3 is 5.32 Å². The van der Waals surface area contributed by atoms with Gasteiger partial charge in [0.1, 0.15) is 5.01 Å². The van der Waals surface area contributed by atoms with Gasteiger partial charge in [-0.1, -0.05) is 18.2 Å². The van der Waals surface area contributed by atoms with E-state index in [1.807, 2.05) is 0 Å². The van der Waals surface area contributed by atoms with E-state index in [0.29, 0.717) is 0 Å². The number of aromatic nitrogens is 1. The number of nitrogens with one attached hydrogen (secondary N) is 1. The summed E-state index contributed by atoms with van der Waals surface area (Å²) in [6.07, 6.45) is 2.65. The van der Waals surface area contributed by atoms with Crippen molar-refractivity contribution in [2.75, 3.05) is 0 Å². The first-order valence-corrected chi connectivity index (χ1v) is 7.36. The summed E-state index contributed by atoms with van der Waals surface area (Å²) in [6.45, 7) is 5.23. The highest BCUT2D eigenvalue weighted by Gasteiger charge is 2.20. The molecule has 0 aliphatic heterocycles. The van der Waals surface area contributed by atoms with E-state index >= 15 is 0 Å². The molecule has 0 radical (unpaired) electrons. The Morgan fingerprint density at radius 1 is 1.28 bits per heavy atom. The van der Waals surface area contributed by atoms with Crippen LogP contribution in [0.2, 0.25) is 0 Å². The van der Waals surface area contributed by atoms with Gasteiger partial charge >= 0.3 is 0 Å². The lowest BCUT2D eigenvalue weighted by atomic mass is 10.0. The second-order valence-electron chi connectivity index (χ2n) is 5.07. The Morgan fingerprint density at radius 3 is 2.67 bits per heavy atom. The van der Waals surface area contributed by atoms with E-state index in [2.05, 4.69) is 42.7 Å². The SMILES string of the molecule is Cc1cccc(C)c1-c1nc(CNC2CC2)cs1. The predicted octanol–water partition coefficient (Wildman–Crippen LogP) is 3.68. The van der Waals surface area contributed by atoms with Gasteiger partial charge in [0.25, 0.3) is 0 Å². The second kappa shape index (κ2) is 4.82. The van der Waals surface area contributed by atoms with Gasteiger partial charge in [-0.3, -0.25) is 0 Å². The summed E-state index contributed by atoms with van der Waals surface area (Å²) in [5.74, 6) is 0. The zero-order valence-electron chi connectivity index (χ0n) is 10.9. The molecule has 1 N–H and O–H groups in total. The number of rotatable bonds is 4. The predicted molar refractivity (Wildman–Crippen MR) is 76.9 cm³/mol. The van der Waals surface area contributed by atoms with Crippen LogP contribution in [0.4, 0.5) is 0 Å². The molecule has 0 atom stereocenters. The zero-order valence-corrected chi connectivity index (χ0v) is 11.7. The van der Waals surface area contributed by atoms with E-state index in [-0.39, 0.29) is 0 Å². The summed E-state index contributed by atoms with van der Waals surface area (Å²) in [6, 6.07) is 7.17. The smallest absolute Gasteiger partial charge is 0.124 e. The van der Waals surface area contributed by atoms with Crippen LogP contribution >= 0.6 is 11.3 Å². The Hall–Kier alpha value is -1.19. The topological polar surface area (TPSA) is 24.9 Å². The highest BCUT2D eigenvalue weighted by molar-refractivity contribution is 7.13. The maximum Gasteiger partial charge on any atom is 0.124 e. The van der Waals surface area contributed by atoms with Crippen LogP contribution in [0, 0.1) is 13.8 Å². The summed E-state index contributed by atoms with van der Waals surface area (Å²) in [5.41, 5.74) is 5.10. The average molecular weight is 258 g/mol. The Kier molecular flexibility index (Phi) is 3.18. The van der Waals surface area contributed by atoms with Crippen LogP contribution in [0.15, 0.2) is 23.6 Å². The number of thiazole rings is 1. The molecule has 2 aromatic rings. The molecule has 0 amide bonds. The average Bonchev–Trinajstić information content (AvgIpc) is 3.06. The molecule has 0 unspecified atom stereocenters. The molecule has 1 aliphatic carbocycles. The lowest BCUT2D eigenvalue weighted by molar-refractivity contribution is 0.678. The van der Waals surface area contributed by atoms with Crippen molar-refractivity contribution in [2.24, 2.45) is 0 Å². The number of hydrogen-bond acceptors (Lipinski definition) is 3. The largest absolute Gasteiger partial charge is 0.308 e. The normalized spacial score (nSPS) is 15.0. The molecule has 94 valence electrons. The summed E-state index contributed by atoms with van der Waals surface area (Å²) >= 11 is 1.75. The first-order valence-electron chi connectivity index (χ1n) is 6.48. The first kappa shape index (κ1) is 11.9. The highest BCUT2D eigenvalue weighted by atomic mass is 32.1. The van der Waals surface area contributed by atoms with Gasteiger partial charge in [-0.05, 0) is 37.8 Å². The second-order valence-corrected chi connectivity index (χ2v) is 5.92. The van der Waals surface area contributed by atoms with Gasteiger partial charge in [0.15, 0.2) is 0 Å².